The summed E-state index contributed by atoms with van der Waals surface area (Å²) in [7, 11) is -3.67. The molecule has 2 rings (SSSR count). The van der Waals surface area contributed by atoms with Crippen LogP contribution in [0.4, 0.5) is 0 Å². The standard InChI is InChI=1S/C19H31N3O3S/c1-6-22-11-7-8-15(22)13-20-18(23)17-12-16(10-9-14(17)2)26(24,25)21-19(3,4)5/h9-10,12,15,21H,6-8,11,13H2,1-5H3,(H,20,23). The summed E-state index contributed by atoms with van der Waals surface area (Å²) >= 11 is 0. The molecule has 0 saturated carbocycles. The van der Waals surface area contributed by atoms with Crippen LogP contribution < -0.4 is 10.0 Å². The molecular weight excluding hydrogens is 350 g/mol. The van der Waals surface area contributed by atoms with Crippen molar-refractivity contribution < 1.29 is 13.2 Å². The Morgan fingerprint density at radius 3 is 2.62 bits per heavy atom. The molecule has 1 aliphatic heterocycles. The second-order valence-corrected chi connectivity index (χ2v) is 9.65. The van der Waals surface area contributed by atoms with E-state index in [0.717, 1.165) is 31.5 Å². The van der Waals surface area contributed by atoms with Crippen LogP contribution in [0.15, 0.2) is 23.1 Å². The van der Waals surface area contributed by atoms with Gasteiger partial charge in [-0.2, -0.15) is 0 Å². The fourth-order valence-corrected chi connectivity index (χ4v) is 4.77. The molecule has 1 aromatic rings. The topological polar surface area (TPSA) is 78.5 Å². The van der Waals surface area contributed by atoms with Crippen LogP contribution in [-0.4, -0.2) is 50.4 Å². The first-order chi connectivity index (χ1) is 12.0. The number of likely N-dealkylation sites (N-methyl/N-ethyl adjacent to an activating group) is 1. The summed E-state index contributed by atoms with van der Waals surface area (Å²) in [4.78, 5) is 15.1. The Morgan fingerprint density at radius 1 is 1.31 bits per heavy atom. The maximum atomic E-state index is 12.6. The van der Waals surface area contributed by atoms with E-state index in [2.05, 4.69) is 21.9 Å². The van der Waals surface area contributed by atoms with Crippen molar-refractivity contribution in [1.82, 2.24) is 14.9 Å². The molecular formula is C19H31N3O3S. The Morgan fingerprint density at radius 2 is 2.00 bits per heavy atom. The minimum Gasteiger partial charge on any atom is -0.350 e. The average molecular weight is 382 g/mol. The number of carbonyl (C=O) groups is 1. The molecule has 2 N–H and O–H groups in total. The van der Waals surface area contributed by atoms with Gasteiger partial charge in [0.1, 0.15) is 0 Å². The second kappa shape index (κ2) is 8.06. The number of hydrogen-bond donors (Lipinski definition) is 2. The number of hydrogen-bond acceptors (Lipinski definition) is 4. The SMILES string of the molecule is CCN1CCCC1CNC(=O)c1cc(S(=O)(=O)NC(C)(C)C)ccc1C. The van der Waals surface area contributed by atoms with Gasteiger partial charge in [-0.1, -0.05) is 13.0 Å². The molecule has 0 aromatic heterocycles. The normalized spacial score (nSPS) is 18.9. The van der Waals surface area contributed by atoms with Gasteiger partial charge < -0.3 is 5.32 Å². The average Bonchev–Trinajstić information content (AvgIpc) is 2.98. The number of aryl methyl sites for hydroxylation is 1. The van der Waals surface area contributed by atoms with E-state index in [-0.39, 0.29) is 10.8 Å². The third-order valence-electron chi connectivity index (χ3n) is 4.61. The molecule has 1 unspecified atom stereocenters. The van der Waals surface area contributed by atoms with Gasteiger partial charge in [0.25, 0.3) is 5.91 Å². The first kappa shape index (κ1) is 20.9. The van der Waals surface area contributed by atoms with Crippen LogP contribution in [0.1, 0.15) is 56.5 Å². The van der Waals surface area contributed by atoms with Gasteiger partial charge in [-0.25, -0.2) is 13.1 Å². The maximum absolute atomic E-state index is 12.6. The molecule has 7 heteroatoms. The second-order valence-electron chi connectivity index (χ2n) is 7.97. The van der Waals surface area contributed by atoms with Crippen molar-refractivity contribution in [1.29, 1.82) is 0 Å². The van der Waals surface area contributed by atoms with Crippen LogP contribution in [0.25, 0.3) is 0 Å². The first-order valence-corrected chi connectivity index (χ1v) is 10.7. The molecule has 1 saturated heterocycles. The highest BCUT2D eigenvalue weighted by atomic mass is 32.2. The van der Waals surface area contributed by atoms with E-state index in [1.165, 1.54) is 12.1 Å². The zero-order valence-corrected chi connectivity index (χ0v) is 17.2. The summed E-state index contributed by atoms with van der Waals surface area (Å²) in [6.07, 6.45) is 2.23. The fraction of sp³-hybridized carbons (Fsp3) is 0.632. The van der Waals surface area contributed by atoms with Crippen molar-refractivity contribution in [3.05, 3.63) is 29.3 Å². The molecule has 1 heterocycles. The van der Waals surface area contributed by atoms with E-state index in [0.29, 0.717) is 18.2 Å². The summed E-state index contributed by atoms with van der Waals surface area (Å²) in [6, 6.07) is 5.04. The summed E-state index contributed by atoms with van der Waals surface area (Å²) in [6.45, 7) is 11.9. The van der Waals surface area contributed by atoms with E-state index in [1.54, 1.807) is 26.8 Å². The van der Waals surface area contributed by atoms with Crippen LogP contribution >= 0.6 is 0 Å². The summed E-state index contributed by atoms with van der Waals surface area (Å²) < 4.78 is 27.7. The van der Waals surface area contributed by atoms with Crippen molar-refractivity contribution >= 4 is 15.9 Å². The summed E-state index contributed by atoms with van der Waals surface area (Å²) in [5.41, 5.74) is 0.580. The molecule has 0 radical (unpaired) electrons. The lowest BCUT2D eigenvalue weighted by atomic mass is 10.1. The number of amides is 1. The molecule has 1 atom stereocenters. The lowest BCUT2D eigenvalue weighted by Crippen LogP contribution is -2.41. The van der Waals surface area contributed by atoms with Gasteiger partial charge in [-0.05, 0) is 71.3 Å². The van der Waals surface area contributed by atoms with Gasteiger partial charge in [0.05, 0.1) is 4.90 Å². The third kappa shape index (κ3) is 5.28. The zero-order chi connectivity index (χ0) is 19.5. The van der Waals surface area contributed by atoms with E-state index in [4.69, 9.17) is 0 Å². The van der Waals surface area contributed by atoms with Crippen LogP contribution in [0.3, 0.4) is 0 Å². The quantitative estimate of drug-likeness (QED) is 0.792. The number of rotatable bonds is 6. The number of benzene rings is 1. The molecule has 1 aliphatic rings. The first-order valence-electron chi connectivity index (χ1n) is 9.20. The Hall–Kier alpha value is -1.44. The molecule has 0 spiro atoms. The summed E-state index contributed by atoms with van der Waals surface area (Å²) in [5.74, 6) is -0.224. The zero-order valence-electron chi connectivity index (χ0n) is 16.4. The number of likely N-dealkylation sites (tertiary alicyclic amines) is 1. The molecule has 1 aromatic carbocycles. The fourth-order valence-electron chi connectivity index (χ4n) is 3.32. The van der Waals surface area contributed by atoms with Crippen LogP contribution in [0.5, 0.6) is 0 Å². The maximum Gasteiger partial charge on any atom is 0.251 e. The molecule has 1 amide bonds. The van der Waals surface area contributed by atoms with Gasteiger partial charge >= 0.3 is 0 Å². The minimum atomic E-state index is -3.67. The molecule has 0 aliphatic carbocycles. The Balaban J connectivity index is 2.15. The van der Waals surface area contributed by atoms with E-state index < -0.39 is 15.6 Å². The number of nitrogens with zero attached hydrogens (tertiary/aromatic N) is 1. The van der Waals surface area contributed by atoms with Gasteiger partial charge in [0, 0.05) is 23.7 Å². The van der Waals surface area contributed by atoms with Crippen LogP contribution in [-0.2, 0) is 10.0 Å². The van der Waals surface area contributed by atoms with E-state index >= 15 is 0 Å². The number of sulfonamides is 1. The predicted octanol–water partition coefficient (Wildman–Crippen LogP) is 2.29. The van der Waals surface area contributed by atoms with Crippen molar-refractivity contribution in [2.75, 3.05) is 19.6 Å². The van der Waals surface area contributed by atoms with E-state index in [9.17, 15) is 13.2 Å². The van der Waals surface area contributed by atoms with Gasteiger partial charge in [0.15, 0.2) is 0 Å². The van der Waals surface area contributed by atoms with Crippen LogP contribution in [0, 0.1) is 6.92 Å². The van der Waals surface area contributed by atoms with Crippen molar-refractivity contribution in [2.24, 2.45) is 0 Å². The minimum absolute atomic E-state index is 0.110. The third-order valence-corrected chi connectivity index (χ3v) is 6.36. The number of nitrogens with one attached hydrogen (secondary N) is 2. The van der Waals surface area contributed by atoms with Gasteiger partial charge in [0.2, 0.25) is 10.0 Å². The Bertz CT molecular complexity index is 754. The summed E-state index contributed by atoms with van der Waals surface area (Å²) in [5, 5.41) is 2.98. The van der Waals surface area contributed by atoms with Crippen LogP contribution in [0.2, 0.25) is 0 Å². The van der Waals surface area contributed by atoms with Crippen molar-refractivity contribution in [2.45, 2.75) is 63.9 Å². The largest absolute Gasteiger partial charge is 0.350 e. The van der Waals surface area contributed by atoms with Gasteiger partial charge in [-0.15, -0.1) is 0 Å². The predicted molar refractivity (Wildman–Crippen MR) is 104 cm³/mol. The Labute approximate surface area is 157 Å². The smallest absolute Gasteiger partial charge is 0.251 e. The van der Waals surface area contributed by atoms with Crippen molar-refractivity contribution in [3.8, 4) is 0 Å². The molecule has 0 bridgehead atoms. The van der Waals surface area contributed by atoms with Crippen molar-refractivity contribution in [3.63, 3.8) is 0 Å². The van der Waals surface area contributed by atoms with E-state index in [1.807, 2.05) is 6.92 Å². The lowest BCUT2D eigenvalue weighted by Gasteiger charge is -2.23. The highest BCUT2D eigenvalue weighted by Gasteiger charge is 2.25. The molecule has 1 fully saturated rings. The molecule has 6 nitrogen and oxygen atoms in total. The highest BCUT2D eigenvalue weighted by molar-refractivity contribution is 7.89. The Kier molecular flexibility index (Phi) is 6.47. The van der Waals surface area contributed by atoms with Gasteiger partial charge in [-0.3, -0.25) is 9.69 Å². The monoisotopic (exact) mass is 381 g/mol. The highest BCUT2D eigenvalue weighted by Crippen LogP contribution is 2.19. The number of carbonyl (C=O) groups excluding carboxylic acids is 1. The molecule has 26 heavy (non-hydrogen) atoms. The lowest BCUT2D eigenvalue weighted by molar-refractivity contribution is 0.0940. The molecule has 146 valence electrons.